The highest BCUT2D eigenvalue weighted by molar-refractivity contribution is 8.00. The molecule has 0 radical (unpaired) electrons. The van der Waals surface area contributed by atoms with Crippen molar-refractivity contribution in [2.45, 2.75) is 22.6 Å². The minimum Gasteiger partial charge on any atom is -0.378 e. The second kappa shape index (κ2) is 8.02. The zero-order valence-corrected chi connectivity index (χ0v) is 17.1. The summed E-state index contributed by atoms with van der Waals surface area (Å²) in [7, 11) is -3.59. The highest BCUT2D eigenvalue weighted by Crippen LogP contribution is 2.37. The van der Waals surface area contributed by atoms with Crippen molar-refractivity contribution in [3.8, 4) is 0 Å². The summed E-state index contributed by atoms with van der Waals surface area (Å²) in [5.74, 6) is -0.0983. The van der Waals surface area contributed by atoms with Crippen molar-refractivity contribution in [1.29, 1.82) is 0 Å². The van der Waals surface area contributed by atoms with E-state index in [1.807, 2.05) is 0 Å². The predicted molar refractivity (Wildman–Crippen MR) is 105 cm³/mol. The third-order valence-electron chi connectivity index (χ3n) is 5.23. The lowest BCUT2D eigenvalue weighted by atomic mass is 10.2. The minimum absolute atomic E-state index is 0.0837. The van der Waals surface area contributed by atoms with Crippen molar-refractivity contribution in [1.82, 2.24) is 9.21 Å². The number of carbonyl (C=O) groups is 2. The number of ether oxygens (including phenoxy) is 1. The van der Waals surface area contributed by atoms with Crippen LogP contribution in [-0.4, -0.2) is 81.1 Å². The fourth-order valence-electron chi connectivity index (χ4n) is 3.64. The quantitative estimate of drug-likeness (QED) is 0.708. The number of hydrogen-bond acceptors (Lipinski definition) is 6. The van der Waals surface area contributed by atoms with Crippen LogP contribution in [0.5, 0.6) is 0 Å². The van der Waals surface area contributed by atoms with Gasteiger partial charge in [0.25, 0.3) is 0 Å². The van der Waals surface area contributed by atoms with Crippen molar-refractivity contribution in [2.24, 2.45) is 0 Å². The number of morpholine rings is 1. The zero-order chi connectivity index (χ0) is 19.7. The van der Waals surface area contributed by atoms with E-state index in [9.17, 15) is 18.0 Å². The van der Waals surface area contributed by atoms with E-state index in [-0.39, 0.29) is 29.0 Å². The van der Waals surface area contributed by atoms with Gasteiger partial charge in [-0.2, -0.15) is 4.31 Å². The van der Waals surface area contributed by atoms with Crippen molar-refractivity contribution >= 4 is 39.3 Å². The van der Waals surface area contributed by atoms with Crippen LogP contribution in [0.4, 0.5) is 5.69 Å². The first kappa shape index (κ1) is 19.7. The molecule has 0 atom stereocenters. The Morgan fingerprint density at radius 3 is 2.54 bits per heavy atom. The van der Waals surface area contributed by atoms with Crippen molar-refractivity contribution < 1.29 is 22.7 Å². The number of hydrogen-bond donors (Lipinski definition) is 0. The fourth-order valence-corrected chi connectivity index (χ4v) is 6.10. The summed E-state index contributed by atoms with van der Waals surface area (Å²) in [6.07, 6.45) is 1.72. The van der Waals surface area contributed by atoms with Gasteiger partial charge >= 0.3 is 0 Å². The summed E-state index contributed by atoms with van der Waals surface area (Å²) in [6, 6.07) is 4.87. The molecule has 0 aromatic heterocycles. The van der Waals surface area contributed by atoms with Gasteiger partial charge < -0.3 is 14.5 Å². The van der Waals surface area contributed by atoms with E-state index in [0.29, 0.717) is 45.1 Å². The Hall–Kier alpha value is -1.62. The second-order valence-electron chi connectivity index (χ2n) is 7.00. The normalized spacial score (nSPS) is 21.1. The largest absolute Gasteiger partial charge is 0.378 e. The average molecular weight is 426 g/mol. The molecule has 2 amide bonds. The molecular formula is C18H23N3O5S2. The third kappa shape index (κ3) is 3.78. The molecule has 0 spiro atoms. The highest BCUT2D eigenvalue weighted by atomic mass is 32.2. The molecular weight excluding hydrogens is 402 g/mol. The minimum atomic E-state index is -3.59. The number of sulfonamides is 1. The topological polar surface area (TPSA) is 87.2 Å². The van der Waals surface area contributed by atoms with Crippen LogP contribution in [0.1, 0.15) is 12.8 Å². The molecule has 1 aromatic rings. The van der Waals surface area contributed by atoms with Gasteiger partial charge in [-0.25, -0.2) is 8.42 Å². The Morgan fingerprint density at radius 2 is 1.82 bits per heavy atom. The molecule has 0 unspecified atom stereocenters. The summed E-state index contributed by atoms with van der Waals surface area (Å²) < 4.78 is 32.6. The number of nitrogens with zero attached hydrogens (tertiary/aromatic N) is 3. The zero-order valence-electron chi connectivity index (χ0n) is 15.5. The summed E-state index contributed by atoms with van der Waals surface area (Å²) in [5, 5.41) is 0. The smallest absolute Gasteiger partial charge is 0.243 e. The average Bonchev–Trinajstić information content (AvgIpc) is 3.26. The molecule has 152 valence electrons. The summed E-state index contributed by atoms with van der Waals surface area (Å²) in [4.78, 5) is 29.3. The van der Waals surface area contributed by atoms with Crippen LogP contribution in [0.25, 0.3) is 0 Å². The van der Waals surface area contributed by atoms with Crippen molar-refractivity contribution in [2.75, 3.05) is 56.6 Å². The fraction of sp³-hybridized carbons (Fsp3) is 0.556. The van der Waals surface area contributed by atoms with Gasteiger partial charge in [0.1, 0.15) is 6.54 Å². The van der Waals surface area contributed by atoms with Crippen LogP contribution in [0, 0.1) is 0 Å². The van der Waals surface area contributed by atoms with E-state index >= 15 is 0 Å². The maximum atomic E-state index is 12.9. The Balaban J connectivity index is 1.61. The molecule has 3 heterocycles. The molecule has 1 aromatic carbocycles. The highest BCUT2D eigenvalue weighted by Gasteiger charge is 2.32. The van der Waals surface area contributed by atoms with Gasteiger partial charge in [0.15, 0.2) is 0 Å². The van der Waals surface area contributed by atoms with E-state index in [1.54, 1.807) is 23.1 Å². The molecule has 2 fully saturated rings. The van der Waals surface area contributed by atoms with Gasteiger partial charge in [0.05, 0.1) is 29.5 Å². The number of rotatable bonds is 4. The maximum absolute atomic E-state index is 12.9. The number of benzene rings is 1. The SMILES string of the molecule is O=C(CN1C(=O)CSc2ccc(S(=O)(=O)N3CCCC3)cc21)N1CCOCC1. The molecule has 8 nitrogen and oxygen atoms in total. The number of carbonyl (C=O) groups excluding carboxylic acids is 2. The summed E-state index contributed by atoms with van der Waals surface area (Å²) >= 11 is 1.37. The van der Waals surface area contributed by atoms with E-state index in [2.05, 4.69) is 0 Å². The van der Waals surface area contributed by atoms with Gasteiger partial charge in [-0.3, -0.25) is 9.59 Å². The van der Waals surface area contributed by atoms with Gasteiger partial charge in [0.2, 0.25) is 21.8 Å². The van der Waals surface area contributed by atoms with E-state index < -0.39 is 10.0 Å². The van der Waals surface area contributed by atoms with Gasteiger partial charge in [-0.15, -0.1) is 11.8 Å². The molecule has 2 saturated heterocycles. The maximum Gasteiger partial charge on any atom is 0.243 e. The van der Waals surface area contributed by atoms with Gasteiger partial charge in [0, 0.05) is 31.1 Å². The van der Waals surface area contributed by atoms with E-state index in [4.69, 9.17) is 4.74 Å². The lowest BCUT2D eigenvalue weighted by Crippen LogP contribution is -2.48. The standard InChI is InChI=1S/C18H23N3O5S2/c22-17(19-7-9-26-10-8-19)12-21-15-11-14(3-4-16(15)27-13-18(21)23)28(24,25)20-5-1-2-6-20/h3-4,11H,1-2,5-10,12-13H2. The van der Waals surface area contributed by atoms with Crippen molar-refractivity contribution in [3.63, 3.8) is 0 Å². The number of amides is 2. The third-order valence-corrected chi connectivity index (χ3v) is 8.18. The van der Waals surface area contributed by atoms with Crippen LogP contribution < -0.4 is 4.90 Å². The first-order valence-corrected chi connectivity index (χ1v) is 11.8. The van der Waals surface area contributed by atoms with Crippen LogP contribution in [0.15, 0.2) is 28.0 Å². The van der Waals surface area contributed by atoms with Crippen LogP contribution in [0.2, 0.25) is 0 Å². The molecule has 3 aliphatic heterocycles. The second-order valence-corrected chi connectivity index (χ2v) is 9.96. The van der Waals surface area contributed by atoms with E-state index in [0.717, 1.165) is 17.7 Å². The van der Waals surface area contributed by atoms with Crippen LogP contribution in [-0.2, 0) is 24.3 Å². The Labute approximate surface area is 168 Å². The molecule has 0 bridgehead atoms. The molecule has 28 heavy (non-hydrogen) atoms. The monoisotopic (exact) mass is 425 g/mol. The Kier molecular flexibility index (Phi) is 5.64. The molecule has 0 N–H and O–H groups in total. The summed E-state index contributed by atoms with van der Waals surface area (Å²) in [5.41, 5.74) is 0.503. The molecule has 4 rings (SSSR count). The molecule has 10 heteroatoms. The van der Waals surface area contributed by atoms with Crippen molar-refractivity contribution in [3.05, 3.63) is 18.2 Å². The number of fused-ring (bicyclic) bond motifs is 1. The lowest BCUT2D eigenvalue weighted by Gasteiger charge is -2.32. The molecule has 0 aliphatic carbocycles. The Bertz CT molecular complexity index is 877. The first-order chi connectivity index (χ1) is 13.5. The van der Waals surface area contributed by atoms with Crippen LogP contribution in [0.3, 0.4) is 0 Å². The van der Waals surface area contributed by atoms with Crippen LogP contribution >= 0.6 is 11.8 Å². The Morgan fingerprint density at radius 1 is 1.11 bits per heavy atom. The predicted octanol–water partition coefficient (Wildman–Crippen LogP) is 0.769. The lowest BCUT2D eigenvalue weighted by molar-refractivity contribution is -0.134. The first-order valence-electron chi connectivity index (χ1n) is 9.40. The number of thioether (sulfide) groups is 1. The van der Waals surface area contributed by atoms with Gasteiger partial charge in [-0.05, 0) is 31.0 Å². The summed E-state index contributed by atoms with van der Waals surface area (Å²) in [6.45, 7) is 2.95. The van der Waals surface area contributed by atoms with Gasteiger partial charge in [-0.1, -0.05) is 0 Å². The molecule has 0 saturated carbocycles. The number of anilines is 1. The van der Waals surface area contributed by atoms with E-state index in [1.165, 1.54) is 21.0 Å². The molecule has 3 aliphatic rings.